The molecule has 0 saturated heterocycles. The lowest BCUT2D eigenvalue weighted by molar-refractivity contribution is 0.0410. The van der Waals surface area contributed by atoms with E-state index in [4.69, 9.17) is 9.47 Å². The maximum absolute atomic E-state index is 12.0. The monoisotopic (exact) mass is 322 g/mol. The summed E-state index contributed by atoms with van der Waals surface area (Å²) in [7, 11) is 0. The smallest absolute Gasteiger partial charge is 0.342 e. The fourth-order valence-corrected chi connectivity index (χ4v) is 1.84. The first kappa shape index (κ1) is 17.2. The highest BCUT2D eigenvalue weighted by atomic mass is 16.5. The SMILES string of the molecule is C=C(/C=C/OC(=O)c1ccccc1)C(C)OC(=O)c1ccccc1. The summed E-state index contributed by atoms with van der Waals surface area (Å²) in [6.45, 7) is 5.52. The summed E-state index contributed by atoms with van der Waals surface area (Å²) in [5, 5.41) is 0. The normalized spacial score (nSPS) is 11.7. The van der Waals surface area contributed by atoms with Crippen LogP contribution >= 0.6 is 0 Å². The minimum atomic E-state index is -0.538. The van der Waals surface area contributed by atoms with E-state index in [1.54, 1.807) is 55.5 Å². The highest BCUT2D eigenvalue weighted by molar-refractivity contribution is 5.90. The first-order chi connectivity index (χ1) is 11.6. The molecule has 1 unspecified atom stereocenters. The predicted molar refractivity (Wildman–Crippen MR) is 91.5 cm³/mol. The third kappa shape index (κ3) is 4.95. The molecule has 0 heterocycles. The quantitative estimate of drug-likeness (QED) is 0.455. The Hall–Kier alpha value is -3.14. The minimum absolute atomic E-state index is 0.432. The van der Waals surface area contributed by atoms with Crippen molar-refractivity contribution in [2.45, 2.75) is 13.0 Å². The Morgan fingerprint density at radius 2 is 1.42 bits per heavy atom. The summed E-state index contributed by atoms with van der Waals surface area (Å²) < 4.78 is 10.3. The van der Waals surface area contributed by atoms with Crippen LogP contribution in [-0.4, -0.2) is 18.0 Å². The van der Waals surface area contributed by atoms with Gasteiger partial charge in [0.05, 0.1) is 17.4 Å². The van der Waals surface area contributed by atoms with E-state index >= 15 is 0 Å². The van der Waals surface area contributed by atoms with Crippen molar-refractivity contribution in [2.75, 3.05) is 0 Å². The zero-order chi connectivity index (χ0) is 17.4. The summed E-state index contributed by atoms with van der Waals surface area (Å²) in [6, 6.07) is 17.3. The molecule has 4 heteroatoms. The topological polar surface area (TPSA) is 52.6 Å². The van der Waals surface area contributed by atoms with E-state index in [1.807, 2.05) is 12.1 Å². The largest absolute Gasteiger partial charge is 0.454 e. The third-order valence-corrected chi connectivity index (χ3v) is 3.28. The lowest BCUT2D eigenvalue weighted by Crippen LogP contribution is -2.16. The Bertz CT molecular complexity index is 733. The van der Waals surface area contributed by atoms with Crippen molar-refractivity contribution in [3.63, 3.8) is 0 Å². The van der Waals surface area contributed by atoms with Gasteiger partial charge in [-0.2, -0.15) is 0 Å². The van der Waals surface area contributed by atoms with Gasteiger partial charge in [0.1, 0.15) is 6.10 Å². The maximum Gasteiger partial charge on any atom is 0.342 e. The minimum Gasteiger partial charge on any atom is -0.454 e. The van der Waals surface area contributed by atoms with Crippen molar-refractivity contribution < 1.29 is 19.1 Å². The molecule has 0 aliphatic heterocycles. The second kappa shape index (κ2) is 8.48. The molecule has 0 spiro atoms. The Kier molecular flexibility index (Phi) is 6.08. The molecule has 0 saturated carbocycles. The molecule has 1 atom stereocenters. The predicted octanol–water partition coefficient (Wildman–Crippen LogP) is 4.16. The van der Waals surface area contributed by atoms with Gasteiger partial charge in [0.25, 0.3) is 0 Å². The summed E-state index contributed by atoms with van der Waals surface area (Å²) in [4.78, 5) is 23.7. The first-order valence-electron chi connectivity index (χ1n) is 7.45. The Morgan fingerprint density at radius 1 is 0.917 bits per heavy atom. The number of hydrogen-bond acceptors (Lipinski definition) is 4. The molecule has 4 nitrogen and oxygen atoms in total. The number of esters is 2. The zero-order valence-corrected chi connectivity index (χ0v) is 13.3. The Balaban J connectivity index is 1.85. The molecule has 0 radical (unpaired) electrons. The van der Waals surface area contributed by atoms with E-state index in [0.29, 0.717) is 16.7 Å². The standard InChI is InChI=1S/C20H18O4/c1-15(13-14-23-19(21)17-9-5-3-6-10-17)16(2)24-20(22)18-11-7-4-8-12-18/h3-14,16H,1H2,2H3/b14-13+. The van der Waals surface area contributed by atoms with Crippen LogP contribution < -0.4 is 0 Å². The molecule has 2 aromatic carbocycles. The number of hydrogen-bond donors (Lipinski definition) is 0. The fourth-order valence-electron chi connectivity index (χ4n) is 1.84. The van der Waals surface area contributed by atoms with Crippen molar-refractivity contribution in [2.24, 2.45) is 0 Å². The second-order valence-corrected chi connectivity index (χ2v) is 5.06. The van der Waals surface area contributed by atoms with Crippen molar-refractivity contribution in [1.82, 2.24) is 0 Å². The molecule has 122 valence electrons. The molecule has 2 aromatic rings. The van der Waals surface area contributed by atoms with Gasteiger partial charge >= 0.3 is 11.9 Å². The number of benzene rings is 2. The summed E-state index contributed by atoms with van der Waals surface area (Å²) in [6.07, 6.45) is 2.21. The van der Waals surface area contributed by atoms with Crippen molar-refractivity contribution >= 4 is 11.9 Å². The van der Waals surface area contributed by atoms with Crippen LogP contribution in [0.15, 0.2) is 85.2 Å². The molecular formula is C20H18O4. The molecule has 0 aliphatic carbocycles. The van der Waals surface area contributed by atoms with E-state index in [9.17, 15) is 9.59 Å². The van der Waals surface area contributed by atoms with Crippen LogP contribution in [0.5, 0.6) is 0 Å². The van der Waals surface area contributed by atoms with Crippen LogP contribution in [0.4, 0.5) is 0 Å². The van der Waals surface area contributed by atoms with E-state index in [-0.39, 0.29) is 0 Å². The van der Waals surface area contributed by atoms with Crippen LogP contribution in [0.2, 0.25) is 0 Å². The van der Waals surface area contributed by atoms with Crippen molar-refractivity contribution in [3.8, 4) is 0 Å². The lowest BCUT2D eigenvalue weighted by Gasteiger charge is -2.13. The number of carbonyl (C=O) groups excluding carboxylic acids is 2. The average Bonchev–Trinajstić information content (AvgIpc) is 2.62. The molecule has 0 fully saturated rings. The third-order valence-electron chi connectivity index (χ3n) is 3.28. The average molecular weight is 322 g/mol. The van der Waals surface area contributed by atoms with Crippen molar-refractivity contribution in [1.29, 1.82) is 0 Å². The Morgan fingerprint density at radius 3 is 1.96 bits per heavy atom. The van der Waals surface area contributed by atoms with Gasteiger partial charge in [0, 0.05) is 0 Å². The van der Waals surface area contributed by atoms with Gasteiger partial charge in [-0.1, -0.05) is 43.0 Å². The van der Waals surface area contributed by atoms with Crippen LogP contribution in [0.25, 0.3) is 0 Å². The van der Waals surface area contributed by atoms with Gasteiger partial charge < -0.3 is 9.47 Å². The molecule has 0 aliphatic rings. The number of rotatable bonds is 6. The molecule has 2 rings (SSSR count). The van der Waals surface area contributed by atoms with E-state index < -0.39 is 18.0 Å². The molecule has 0 N–H and O–H groups in total. The summed E-state index contributed by atoms with van der Waals surface area (Å²) in [5.74, 6) is -0.896. The number of ether oxygens (including phenoxy) is 2. The van der Waals surface area contributed by atoms with Crippen LogP contribution in [0, 0.1) is 0 Å². The van der Waals surface area contributed by atoms with Gasteiger partial charge in [0.15, 0.2) is 0 Å². The first-order valence-corrected chi connectivity index (χ1v) is 7.45. The van der Waals surface area contributed by atoms with E-state index in [0.717, 1.165) is 0 Å². The lowest BCUT2D eigenvalue weighted by atomic mass is 10.2. The molecule has 24 heavy (non-hydrogen) atoms. The van der Waals surface area contributed by atoms with Gasteiger partial charge in [-0.05, 0) is 42.8 Å². The van der Waals surface area contributed by atoms with Crippen LogP contribution in [-0.2, 0) is 9.47 Å². The Labute approximate surface area is 141 Å². The van der Waals surface area contributed by atoms with Crippen LogP contribution in [0.1, 0.15) is 27.6 Å². The van der Waals surface area contributed by atoms with E-state index in [1.165, 1.54) is 12.3 Å². The second-order valence-electron chi connectivity index (χ2n) is 5.06. The van der Waals surface area contributed by atoms with E-state index in [2.05, 4.69) is 6.58 Å². The van der Waals surface area contributed by atoms with Gasteiger partial charge in [-0.15, -0.1) is 0 Å². The molecule has 0 amide bonds. The highest BCUT2D eigenvalue weighted by Crippen LogP contribution is 2.10. The summed E-state index contributed by atoms with van der Waals surface area (Å²) >= 11 is 0. The fraction of sp³-hybridized carbons (Fsp3) is 0.100. The van der Waals surface area contributed by atoms with Gasteiger partial charge in [-0.25, -0.2) is 9.59 Å². The van der Waals surface area contributed by atoms with Gasteiger partial charge in [-0.3, -0.25) is 0 Å². The summed E-state index contributed by atoms with van der Waals surface area (Å²) in [5.41, 5.74) is 1.44. The molecule has 0 aromatic heterocycles. The number of carbonyl (C=O) groups is 2. The maximum atomic E-state index is 12.0. The zero-order valence-electron chi connectivity index (χ0n) is 13.3. The molecule has 0 bridgehead atoms. The van der Waals surface area contributed by atoms with Crippen molar-refractivity contribution in [3.05, 3.63) is 96.3 Å². The van der Waals surface area contributed by atoms with Gasteiger partial charge in [0.2, 0.25) is 0 Å². The molecular weight excluding hydrogens is 304 g/mol. The highest BCUT2D eigenvalue weighted by Gasteiger charge is 2.13. The van der Waals surface area contributed by atoms with Crippen LogP contribution in [0.3, 0.4) is 0 Å².